The Bertz CT molecular complexity index is 720. The van der Waals surface area contributed by atoms with Gasteiger partial charge in [-0.25, -0.2) is 0 Å². The molecule has 1 amide bonds. The highest BCUT2D eigenvalue weighted by Crippen LogP contribution is 2.28. The highest BCUT2D eigenvalue weighted by atomic mass is 32.2. The summed E-state index contributed by atoms with van der Waals surface area (Å²) in [5, 5.41) is 13.3. The summed E-state index contributed by atoms with van der Waals surface area (Å²) in [7, 11) is 3.97. The van der Waals surface area contributed by atoms with Crippen LogP contribution in [0.15, 0.2) is 46.1 Å². The Balaban J connectivity index is 1.54. The highest BCUT2D eigenvalue weighted by molar-refractivity contribution is 8.14. The molecule has 2 aliphatic heterocycles. The third-order valence-electron chi connectivity index (χ3n) is 3.97. The number of thioether (sulfide) groups is 2. The van der Waals surface area contributed by atoms with E-state index in [9.17, 15) is 9.59 Å². The summed E-state index contributed by atoms with van der Waals surface area (Å²) < 4.78 is 0. The Hall–Kier alpha value is -2.00. The summed E-state index contributed by atoms with van der Waals surface area (Å²) >= 11 is 2.77. The third kappa shape index (κ3) is 4.79. The van der Waals surface area contributed by atoms with E-state index in [4.69, 9.17) is 0 Å². The van der Waals surface area contributed by atoms with E-state index in [2.05, 4.69) is 15.5 Å². The number of rotatable bonds is 6. The Morgan fingerprint density at radius 2 is 2.12 bits per heavy atom. The molecule has 0 aliphatic carbocycles. The SMILES string of the molecule is CN(C)c1ccc(N=NC2SC=CN2CC(=O)NC2CCSC2=O)cc1. The minimum atomic E-state index is -0.359. The van der Waals surface area contributed by atoms with E-state index in [0.717, 1.165) is 17.1 Å². The molecule has 0 aromatic heterocycles. The smallest absolute Gasteiger partial charge is 0.240 e. The second-order valence-corrected chi connectivity index (χ2v) is 8.19. The number of amides is 1. The summed E-state index contributed by atoms with van der Waals surface area (Å²) in [6, 6.07) is 7.42. The zero-order chi connectivity index (χ0) is 18.5. The largest absolute Gasteiger partial charge is 0.378 e. The number of hydrogen-bond donors (Lipinski definition) is 1. The lowest BCUT2D eigenvalue weighted by Gasteiger charge is -2.21. The van der Waals surface area contributed by atoms with E-state index < -0.39 is 0 Å². The molecule has 1 N–H and O–H groups in total. The predicted molar refractivity (Wildman–Crippen MR) is 107 cm³/mol. The fourth-order valence-corrected chi connectivity index (χ4v) is 4.23. The van der Waals surface area contributed by atoms with Crippen LogP contribution in [-0.2, 0) is 9.59 Å². The van der Waals surface area contributed by atoms with Crippen LogP contribution in [0.2, 0.25) is 0 Å². The Labute approximate surface area is 161 Å². The molecule has 26 heavy (non-hydrogen) atoms. The number of azo groups is 1. The van der Waals surface area contributed by atoms with Crippen LogP contribution >= 0.6 is 23.5 Å². The lowest BCUT2D eigenvalue weighted by molar-refractivity contribution is -0.125. The van der Waals surface area contributed by atoms with Gasteiger partial charge in [-0.1, -0.05) is 23.5 Å². The highest BCUT2D eigenvalue weighted by Gasteiger charge is 2.28. The zero-order valence-corrected chi connectivity index (χ0v) is 16.3. The molecule has 0 radical (unpaired) electrons. The molecule has 3 rings (SSSR count). The minimum Gasteiger partial charge on any atom is -0.378 e. The van der Waals surface area contributed by atoms with Crippen molar-refractivity contribution in [1.29, 1.82) is 0 Å². The lowest BCUT2D eigenvalue weighted by atomic mass is 10.2. The zero-order valence-electron chi connectivity index (χ0n) is 14.7. The normalized spacial score (nSPS) is 22.4. The van der Waals surface area contributed by atoms with E-state index in [1.807, 2.05) is 59.8 Å². The molecular formula is C17H21N5O2S2. The third-order valence-corrected chi connectivity index (χ3v) is 5.87. The van der Waals surface area contributed by atoms with Crippen molar-refractivity contribution in [1.82, 2.24) is 10.2 Å². The lowest BCUT2D eigenvalue weighted by Crippen LogP contribution is -2.43. The maximum atomic E-state index is 12.2. The van der Waals surface area contributed by atoms with Gasteiger partial charge in [0.2, 0.25) is 11.0 Å². The second-order valence-electron chi connectivity index (χ2n) is 6.12. The van der Waals surface area contributed by atoms with Crippen LogP contribution in [0.3, 0.4) is 0 Å². The second kappa shape index (κ2) is 8.59. The van der Waals surface area contributed by atoms with Crippen molar-refractivity contribution in [3.63, 3.8) is 0 Å². The summed E-state index contributed by atoms with van der Waals surface area (Å²) in [6.45, 7) is 0.154. The van der Waals surface area contributed by atoms with Gasteiger partial charge in [-0.15, -0.1) is 0 Å². The Kier molecular flexibility index (Phi) is 6.20. The molecule has 1 saturated heterocycles. The molecule has 1 aromatic rings. The first-order valence-corrected chi connectivity index (χ1v) is 10.2. The molecule has 1 fully saturated rings. The molecule has 1 aromatic carbocycles. The first-order valence-electron chi connectivity index (χ1n) is 8.25. The monoisotopic (exact) mass is 391 g/mol. The van der Waals surface area contributed by atoms with Crippen LogP contribution in [0.1, 0.15) is 6.42 Å². The number of carbonyl (C=O) groups excluding carboxylic acids is 2. The van der Waals surface area contributed by atoms with Gasteiger partial charge in [0, 0.05) is 31.7 Å². The number of anilines is 1. The van der Waals surface area contributed by atoms with Gasteiger partial charge < -0.3 is 15.1 Å². The first-order chi connectivity index (χ1) is 12.5. The van der Waals surface area contributed by atoms with Crippen LogP contribution in [0.5, 0.6) is 0 Å². The summed E-state index contributed by atoms with van der Waals surface area (Å²) in [4.78, 5) is 27.6. The number of nitrogens with zero attached hydrogens (tertiary/aromatic N) is 4. The predicted octanol–water partition coefficient (Wildman–Crippen LogP) is 2.79. The molecule has 0 saturated carbocycles. The molecule has 9 heteroatoms. The van der Waals surface area contributed by atoms with Crippen LogP contribution in [0, 0.1) is 0 Å². The first kappa shape index (κ1) is 18.8. The average Bonchev–Trinajstić information content (AvgIpc) is 3.22. The van der Waals surface area contributed by atoms with Gasteiger partial charge in [0.25, 0.3) is 0 Å². The van der Waals surface area contributed by atoms with Crippen molar-refractivity contribution in [2.24, 2.45) is 10.2 Å². The molecule has 0 spiro atoms. The van der Waals surface area contributed by atoms with Gasteiger partial charge >= 0.3 is 0 Å². The maximum Gasteiger partial charge on any atom is 0.240 e. The topological polar surface area (TPSA) is 77.4 Å². The molecule has 2 atom stereocenters. The minimum absolute atomic E-state index is 0.0436. The molecule has 7 nitrogen and oxygen atoms in total. The molecule has 2 aliphatic rings. The molecule has 2 heterocycles. The van der Waals surface area contributed by atoms with Crippen molar-refractivity contribution in [2.45, 2.75) is 18.0 Å². The number of hydrogen-bond acceptors (Lipinski definition) is 8. The quantitative estimate of drug-likeness (QED) is 0.752. The number of carbonyl (C=O) groups is 2. The van der Waals surface area contributed by atoms with Crippen molar-refractivity contribution in [3.8, 4) is 0 Å². The van der Waals surface area contributed by atoms with Crippen LogP contribution in [-0.4, -0.2) is 53.9 Å². The van der Waals surface area contributed by atoms with Crippen LogP contribution in [0.25, 0.3) is 0 Å². The number of nitrogens with one attached hydrogen (secondary N) is 1. The molecular weight excluding hydrogens is 370 g/mol. The van der Waals surface area contributed by atoms with Crippen molar-refractivity contribution >= 4 is 45.9 Å². The Morgan fingerprint density at radius 1 is 1.35 bits per heavy atom. The summed E-state index contributed by atoms with van der Waals surface area (Å²) in [5.41, 5.74) is 1.59. The summed E-state index contributed by atoms with van der Waals surface area (Å²) in [5.74, 6) is 0.598. The van der Waals surface area contributed by atoms with E-state index in [0.29, 0.717) is 6.42 Å². The van der Waals surface area contributed by atoms with Gasteiger partial charge in [-0.2, -0.15) is 10.2 Å². The van der Waals surface area contributed by atoms with Crippen LogP contribution in [0.4, 0.5) is 11.4 Å². The molecule has 2 unspecified atom stereocenters. The average molecular weight is 392 g/mol. The van der Waals surface area contributed by atoms with Gasteiger partial charge in [0.1, 0.15) is 0 Å². The van der Waals surface area contributed by atoms with Crippen molar-refractivity contribution in [2.75, 3.05) is 31.3 Å². The summed E-state index contributed by atoms with van der Waals surface area (Å²) in [6.07, 6.45) is 2.53. The fraction of sp³-hybridized carbons (Fsp3) is 0.412. The fourth-order valence-electron chi connectivity index (χ4n) is 2.53. The van der Waals surface area contributed by atoms with Crippen molar-refractivity contribution < 1.29 is 9.59 Å². The van der Waals surface area contributed by atoms with E-state index in [1.165, 1.54) is 23.5 Å². The van der Waals surface area contributed by atoms with E-state index in [-0.39, 0.29) is 29.1 Å². The van der Waals surface area contributed by atoms with Gasteiger partial charge in [-0.3, -0.25) is 9.59 Å². The Morgan fingerprint density at radius 3 is 2.77 bits per heavy atom. The van der Waals surface area contributed by atoms with Crippen molar-refractivity contribution in [3.05, 3.63) is 35.9 Å². The van der Waals surface area contributed by atoms with E-state index >= 15 is 0 Å². The van der Waals surface area contributed by atoms with Crippen LogP contribution < -0.4 is 10.2 Å². The van der Waals surface area contributed by atoms with Gasteiger partial charge in [-0.05, 0) is 36.1 Å². The van der Waals surface area contributed by atoms with Gasteiger partial charge in [0.05, 0.1) is 18.3 Å². The maximum absolute atomic E-state index is 12.2. The molecule has 0 bridgehead atoms. The van der Waals surface area contributed by atoms with Gasteiger partial charge in [0.15, 0.2) is 5.50 Å². The number of benzene rings is 1. The molecule has 138 valence electrons. The van der Waals surface area contributed by atoms with E-state index in [1.54, 1.807) is 0 Å². The standard InChI is InChI=1S/C17H21N5O2S2/c1-21(2)13-5-3-12(4-6-13)19-20-17-22(8-10-26-17)11-15(23)18-14-7-9-25-16(14)24/h3-6,8,10,14,17H,7,9,11H2,1-2H3,(H,18,23).